The van der Waals surface area contributed by atoms with Crippen molar-refractivity contribution in [3.05, 3.63) is 0 Å². The normalized spacial score (nSPS) is 17.6. The van der Waals surface area contributed by atoms with Crippen molar-refractivity contribution in [3.8, 4) is 0 Å². The molecule has 0 aromatic rings. The molecule has 0 spiro atoms. The van der Waals surface area contributed by atoms with E-state index in [0.29, 0.717) is 0 Å². The van der Waals surface area contributed by atoms with Gasteiger partial charge in [0.1, 0.15) is 0 Å². The number of rotatable bonds is 6. The van der Waals surface area contributed by atoms with Crippen molar-refractivity contribution in [3.63, 3.8) is 0 Å². The van der Waals surface area contributed by atoms with Gasteiger partial charge in [-0.1, -0.05) is 44.9 Å². The zero-order valence-electron chi connectivity index (χ0n) is 9.21. The van der Waals surface area contributed by atoms with Gasteiger partial charge in [-0.15, -0.1) is 0 Å². The lowest BCUT2D eigenvalue weighted by Gasteiger charge is -2.21. The molecule has 86 valence electrons. The van der Waals surface area contributed by atoms with Gasteiger partial charge in [0.05, 0.1) is 0 Å². The van der Waals surface area contributed by atoms with E-state index in [2.05, 4.69) is 0 Å². The van der Waals surface area contributed by atoms with Crippen molar-refractivity contribution < 1.29 is 14.7 Å². The van der Waals surface area contributed by atoms with Gasteiger partial charge in [-0.3, -0.25) is 4.79 Å². The largest absolute Gasteiger partial charge is 0.476 e. The predicted octanol–water partition coefficient (Wildman–Crippen LogP) is 2.78. The molecule has 0 radical (unpaired) electrons. The van der Waals surface area contributed by atoms with E-state index < -0.39 is 11.8 Å². The zero-order chi connectivity index (χ0) is 11.1. The summed E-state index contributed by atoms with van der Waals surface area (Å²) in [4.78, 5) is 21.0. The first kappa shape index (κ1) is 12.2. The number of carboxylic acid groups (broad SMARTS) is 1. The zero-order valence-corrected chi connectivity index (χ0v) is 9.21. The van der Waals surface area contributed by atoms with Crippen LogP contribution in [0.5, 0.6) is 0 Å². The Balaban J connectivity index is 2.01. The van der Waals surface area contributed by atoms with Crippen LogP contribution in [0, 0.1) is 5.92 Å². The molecule has 0 bridgehead atoms. The van der Waals surface area contributed by atoms with E-state index in [1.807, 2.05) is 0 Å². The van der Waals surface area contributed by atoms with Gasteiger partial charge in [0.2, 0.25) is 5.78 Å². The minimum atomic E-state index is -1.28. The van der Waals surface area contributed by atoms with E-state index in [9.17, 15) is 9.59 Å². The average molecular weight is 212 g/mol. The summed E-state index contributed by atoms with van der Waals surface area (Å²) in [5.74, 6) is -1.09. The highest BCUT2D eigenvalue weighted by atomic mass is 16.4. The quantitative estimate of drug-likeness (QED) is 0.544. The highest BCUT2D eigenvalue weighted by Gasteiger charge is 2.14. The van der Waals surface area contributed by atoms with Gasteiger partial charge >= 0.3 is 5.97 Å². The second kappa shape index (κ2) is 6.59. The van der Waals surface area contributed by atoms with Crippen LogP contribution in [-0.2, 0) is 9.59 Å². The number of carbonyl (C=O) groups excluding carboxylic acids is 1. The smallest absolute Gasteiger partial charge is 0.372 e. The first-order valence-corrected chi connectivity index (χ1v) is 5.96. The van der Waals surface area contributed by atoms with Crippen LogP contribution in [0.4, 0.5) is 0 Å². The van der Waals surface area contributed by atoms with Crippen LogP contribution in [-0.4, -0.2) is 16.9 Å². The number of hydrogen-bond donors (Lipinski definition) is 1. The van der Waals surface area contributed by atoms with E-state index in [1.165, 1.54) is 38.5 Å². The third-order valence-corrected chi connectivity index (χ3v) is 3.23. The first-order valence-electron chi connectivity index (χ1n) is 5.96. The topological polar surface area (TPSA) is 54.4 Å². The van der Waals surface area contributed by atoms with Crippen LogP contribution < -0.4 is 0 Å². The lowest BCUT2D eigenvalue weighted by Crippen LogP contribution is -2.12. The molecule has 1 fully saturated rings. The van der Waals surface area contributed by atoms with E-state index in [-0.39, 0.29) is 6.42 Å². The minimum Gasteiger partial charge on any atom is -0.476 e. The van der Waals surface area contributed by atoms with Crippen LogP contribution >= 0.6 is 0 Å². The maximum Gasteiger partial charge on any atom is 0.372 e. The molecule has 0 heterocycles. The number of hydrogen-bond acceptors (Lipinski definition) is 2. The van der Waals surface area contributed by atoms with Crippen molar-refractivity contribution >= 4 is 11.8 Å². The van der Waals surface area contributed by atoms with Crippen molar-refractivity contribution in [2.45, 2.75) is 57.8 Å². The Morgan fingerprint density at radius 2 is 1.73 bits per heavy atom. The molecule has 3 heteroatoms. The van der Waals surface area contributed by atoms with Crippen molar-refractivity contribution in [1.82, 2.24) is 0 Å². The molecule has 0 saturated heterocycles. The maximum atomic E-state index is 10.8. The van der Waals surface area contributed by atoms with Crippen molar-refractivity contribution in [2.24, 2.45) is 5.92 Å². The van der Waals surface area contributed by atoms with Crippen LogP contribution in [0.25, 0.3) is 0 Å². The SMILES string of the molecule is O=C(O)C(=O)CCCCC1CCCCC1. The molecular formula is C12H20O3. The number of ketones is 1. The minimum absolute atomic E-state index is 0.210. The Bertz CT molecular complexity index is 217. The molecule has 0 unspecified atom stereocenters. The van der Waals surface area contributed by atoms with E-state index in [1.54, 1.807) is 0 Å². The Hall–Kier alpha value is -0.860. The average Bonchev–Trinajstić information content (AvgIpc) is 2.25. The van der Waals surface area contributed by atoms with Gasteiger partial charge in [-0.25, -0.2) is 4.79 Å². The first-order chi connectivity index (χ1) is 7.20. The Kier molecular flexibility index (Phi) is 5.37. The second-order valence-electron chi connectivity index (χ2n) is 4.48. The Labute approximate surface area is 90.9 Å². The second-order valence-corrected chi connectivity index (χ2v) is 4.48. The Morgan fingerprint density at radius 3 is 2.33 bits per heavy atom. The maximum absolute atomic E-state index is 10.8. The van der Waals surface area contributed by atoms with Gasteiger partial charge in [0.25, 0.3) is 0 Å². The lowest BCUT2D eigenvalue weighted by atomic mass is 9.85. The molecule has 0 aromatic carbocycles. The molecule has 3 nitrogen and oxygen atoms in total. The fourth-order valence-corrected chi connectivity index (χ4v) is 2.30. The molecule has 15 heavy (non-hydrogen) atoms. The summed E-state index contributed by atoms with van der Waals surface area (Å²) in [7, 11) is 0. The van der Waals surface area contributed by atoms with Crippen LogP contribution in [0.1, 0.15) is 57.8 Å². The monoisotopic (exact) mass is 212 g/mol. The number of carboxylic acids is 1. The van der Waals surface area contributed by atoms with Gasteiger partial charge in [-0.05, 0) is 12.3 Å². The molecule has 0 aromatic heterocycles. The Morgan fingerprint density at radius 1 is 1.07 bits per heavy atom. The number of Topliss-reactive ketones (excluding diaryl/α,β-unsaturated/α-hetero) is 1. The van der Waals surface area contributed by atoms with E-state index >= 15 is 0 Å². The summed E-state index contributed by atoms with van der Waals surface area (Å²) in [6, 6.07) is 0. The summed E-state index contributed by atoms with van der Waals surface area (Å²) in [5.41, 5.74) is 0. The van der Waals surface area contributed by atoms with Gasteiger partial charge in [0.15, 0.2) is 0 Å². The molecule has 1 N–H and O–H groups in total. The highest BCUT2D eigenvalue weighted by Crippen LogP contribution is 2.27. The van der Waals surface area contributed by atoms with Gasteiger partial charge in [-0.2, -0.15) is 0 Å². The molecule has 0 atom stereocenters. The summed E-state index contributed by atoms with van der Waals surface area (Å²) >= 11 is 0. The lowest BCUT2D eigenvalue weighted by molar-refractivity contribution is -0.149. The number of aliphatic carboxylic acids is 1. The molecule has 1 saturated carbocycles. The third-order valence-electron chi connectivity index (χ3n) is 3.23. The molecule has 0 aliphatic heterocycles. The summed E-state index contributed by atoms with van der Waals surface area (Å²) < 4.78 is 0. The van der Waals surface area contributed by atoms with Crippen LogP contribution in [0.2, 0.25) is 0 Å². The fraction of sp³-hybridized carbons (Fsp3) is 0.833. The third kappa shape index (κ3) is 4.96. The number of unbranched alkanes of at least 4 members (excludes halogenated alkanes) is 1. The summed E-state index contributed by atoms with van der Waals surface area (Å²) in [5, 5.41) is 8.38. The molecular weight excluding hydrogens is 192 g/mol. The van der Waals surface area contributed by atoms with Crippen molar-refractivity contribution in [1.29, 1.82) is 0 Å². The summed E-state index contributed by atoms with van der Waals surface area (Å²) in [6.45, 7) is 0. The standard InChI is InChI=1S/C12H20O3/c13-11(12(14)15)9-5-4-8-10-6-2-1-3-7-10/h10H,1-9H2,(H,14,15). The van der Waals surface area contributed by atoms with Crippen LogP contribution in [0.15, 0.2) is 0 Å². The molecule has 1 rings (SSSR count). The van der Waals surface area contributed by atoms with E-state index in [0.717, 1.165) is 18.8 Å². The summed E-state index contributed by atoms with van der Waals surface area (Å²) in [6.07, 6.45) is 9.84. The fourth-order valence-electron chi connectivity index (χ4n) is 2.30. The van der Waals surface area contributed by atoms with Gasteiger partial charge in [0, 0.05) is 6.42 Å². The molecule has 1 aliphatic carbocycles. The highest BCUT2D eigenvalue weighted by molar-refractivity contribution is 6.32. The van der Waals surface area contributed by atoms with Gasteiger partial charge < -0.3 is 5.11 Å². The molecule has 1 aliphatic rings. The number of carbonyl (C=O) groups is 2. The van der Waals surface area contributed by atoms with Crippen molar-refractivity contribution in [2.75, 3.05) is 0 Å². The van der Waals surface area contributed by atoms with Crippen LogP contribution in [0.3, 0.4) is 0 Å². The van der Waals surface area contributed by atoms with E-state index in [4.69, 9.17) is 5.11 Å². The predicted molar refractivity (Wildman–Crippen MR) is 57.7 cm³/mol. The molecule has 0 amide bonds.